The summed E-state index contributed by atoms with van der Waals surface area (Å²) in [6.07, 6.45) is 1.19. The molecule has 0 radical (unpaired) electrons. The first-order chi connectivity index (χ1) is 17.3. The van der Waals surface area contributed by atoms with Gasteiger partial charge >= 0.3 is 0 Å². The van der Waals surface area contributed by atoms with Crippen molar-refractivity contribution in [2.75, 3.05) is 6.61 Å². The molecule has 190 valence electrons. The highest BCUT2D eigenvalue weighted by molar-refractivity contribution is 9.10. The van der Waals surface area contributed by atoms with Crippen molar-refractivity contribution < 1.29 is 14.3 Å². The third-order valence-electron chi connectivity index (χ3n) is 6.01. The Balaban J connectivity index is 1.91. The summed E-state index contributed by atoms with van der Waals surface area (Å²) in [6.45, 7) is 5.93. The Morgan fingerprint density at radius 3 is 2.42 bits per heavy atom. The Kier molecular flexibility index (Phi) is 10.4. The second kappa shape index (κ2) is 13.5. The van der Waals surface area contributed by atoms with Crippen LogP contribution in [-0.4, -0.2) is 35.4 Å². The lowest BCUT2D eigenvalue weighted by atomic mass is 10.0. The highest BCUT2D eigenvalue weighted by Crippen LogP contribution is 2.22. The first-order valence-corrected chi connectivity index (χ1v) is 13.2. The predicted octanol–water partition coefficient (Wildman–Crippen LogP) is 6.34. The van der Waals surface area contributed by atoms with Gasteiger partial charge in [-0.1, -0.05) is 76.9 Å². The maximum atomic E-state index is 13.6. The minimum Gasteiger partial charge on any atom is -0.484 e. The van der Waals surface area contributed by atoms with Crippen LogP contribution in [0.2, 0.25) is 5.02 Å². The lowest BCUT2D eigenvalue weighted by Gasteiger charge is -2.32. The van der Waals surface area contributed by atoms with E-state index in [4.69, 9.17) is 16.3 Å². The number of nitrogens with zero attached hydrogens (tertiary/aromatic N) is 1. The van der Waals surface area contributed by atoms with Crippen molar-refractivity contribution in [3.05, 3.63) is 99.0 Å². The highest BCUT2D eigenvalue weighted by atomic mass is 79.9. The SMILES string of the molecule is CC[C@@H](C)NC(=O)[C@@H](Cc1ccccc1)N(Cc1cccc(Br)c1)C(=O)COc1ccc(Cl)c(C)c1. The Labute approximate surface area is 226 Å². The van der Waals surface area contributed by atoms with Crippen LogP contribution in [0.15, 0.2) is 77.3 Å². The summed E-state index contributed by atoms with van der Waals surface area (Å²) in [6, 6.07) is 22.1. The van der Waals surface area contributed by atoms with E-state index in [1.807, 2.05) is 75.4 Å². The number of ether oxygens (including phenoxy) is 1. The van der Waals surface area contributed by atoms with Crippen LogP contribution in [0.5, 0.6) is 5.75 Å². The molecule has 7 heteroatoms. The third-order valence-corrected chi connectivity index (χ3v) is 6.92. The van der Waals surface area contributed by atoms with E-state index in [0.29, 0.717) is 17.2 Å². The predicted molar refractivity (Wildman–Crippen MR) is 148 cm³/mol. The van der Waals surface area contributed by atoms with Crippen molar-refractivity contribution in [2.24, 2.45) is 0 Å². The summed E-state index contributed by atoms with van der Waals surface area (Å²) in [5.41, 5.74) is 2.75. The lowest BCUT2D eigenvalue weighted by molar-refractivity contribution is -0.143. The van der Waals surface area contributed by atoms with Gasteiger partial charge in [0.25, 0.3) is 5.91 Å². The van der Waals surface area contributed by atoms with Gasteiger partial charge in [0.1, 0.15) is 11.8 Å². The summed E-state index contributed by atoms with van der Waals surface area (Å²) in [4.78, 5) is 28.8. The van der Waals surface area contributed by atoms with E-state index in [-0.39, 0.29) is 31.0 Å². The molecule has 0 heterocycles. The molecule has 0 aliphatic heterocycles. The number of carbonyl (C=O) groups excluding carboxylic acids is 2. The number of hydrogen-bond donors (Lipinski definition) is 1. The van der Waals surface area contributed by atoms with E-state index in [9.17, 15) is 9.59 Å². The highest BCUT2D eigenvalue weighted by Gasteiger charge is 2.31. The van der Waals surface area contributed by atoms with Gasteiger partial charge in [0.2, 0.25) is 5.91 Å². The van der Waals surface area contributed by atoms with Gasteiger partial charge in [-0.25, -0.2) is 0 Å². The van der Waals surface area contributed by atoms with Gasteiger partial charge in [-0.05, 0) is 67.3 Å². The van der Waals surface area contributed by atoms with E-state index < -0.39 is 6.04 Å². The normalized spacial score (nSPS) is 12.5. The first kappa shape index (κ1) is 27.8. The zero-order chi connectivity index (χ0) is 26.1. The fraction of sp³-hybridized carbons (Fsp3) is 0.310. The smallest absolute Gasteiger partial charge is 0.261 e. The minimum absolute atomic E-state index is 0.00751. The summed E-state index contributed by atoms with van der Waals surface area (Å²) < 4.78 is 6.74. The molecule has 5 nitrogen and oxygen atoms in total. The molecule has 2 amide bonds. The molecule has 3 aromatic rings. The molecule has 0 aliphatic carbocycles. The Hall–Kier alpha value is -2.83. The molecule has 0 saturated carbocycles. The van der Waals surface area contributed by atoms with Crippen molar-refractivity contribution in [3.8, 4) is 5.75 Å². The molecule has 0 spiro atoms. The van der Waals surface area contributed by atoms with Crippen LogP contribution in [0.3, 0.4) is 0 Å². The van der Waals surface area contributed by atoms with Gasteiger partial charge in [0.15, 0.2) is 6.61 Å². The molecule has 0 unspecified atom stereocenters. The molecule has 0 aromatic heterocycles. The van der Waals surface area contributed by atoms with Crippen molar-refractivity contribution >= 4 is 39.3 Å². The molecule has 1 N–H and O–H groups in total. The van der Waals surface area contributed by atoms with Crippen LogP contribution in [0.4, 0.5) is 0 Å². The standard InChI is InChI=1S/C29H32BrClN2O3/c1-4-21(3)32-29(35)27(17-22-9-6-5-7-10-22)33(18-23-11-8-12-24(30)16-23)28(34)19-36-25-13-14-26(31)20(2)15-25/h5-16,21,27H,4,17-19H2,1-3H3,(H,32,35)/t21-,27-/m1/s1. The van der Waals surface area contributed by atoms with E-state index in [1.54, 1.807) is 23.1 Å². The van der Waals surface area contributed by atoms with E-state index >= 15 is 0 Å². The molecule has 0 saturated heterocycles. The molecule has 0 bridgehead atoms. The average Bonchev–Trinajstić information content (AvgIpc) is 2.87. The summed E-state index contributed by atoms with van der Waals surface area (Å²) in [5.74, 6) is 0.0954. The number of carbonyl (C=O) groups is 2. The molecule has 0 aliphatic rings. The van der Waals surface area contributed by atoms with Crippen molar-refractivity contribution in [3.63, 3.8) is 0 Å². The fourth-order valence-electron chi connectivity index (χ4n) is 3.76. The second-order valence-corrected chi connectivity index (χ2v) is 10.2. The van der Waals surface area contributed by atoms with Crippen LogP contribution in [0.25, 0.3) is 0 Å². The number of hydrogen-bond acceptors (Lipinski definition) is 3. The monoisotopic (exact) mass is 570 g/mol. The Morgan fingerprint density at radius 1 is 1.03 bits per heavy atom. The van der Waals surface area contributed by atoms with E-state index in [0.717, 1.165) is 27.6 Å². The first-order valence-electron chi connectivity index (χ1n) is 12.0. The van der Waals surface area contributed by atoms with Gasteiger partial charge < -0.3 is 15.0 Å². The van der Waals surface area contributed by atoms with Crippen LogP contribution < -0.4 is 10.1 Å². The van der Waals surface area contributed by atoms with Crippen LogP contribution in [0, 0.1) is 6.92 Å². The largest absolute Gasteiger partial charge is 0.484 e. The molecular formula is C29H32BrClN2O3. The maximum absolute atomic E-state index is 13.6. The van der Waals surface area contributed by atoms with Crippen LogP contribution >= 0.6 is 27.5 Å². The molecule has 2 atom stereocenters. The van der Waals surface area contributed by atoms with Crippen molar-refractivity contribution in [2.45, 2.75) is 52.2 Å². The summed E-state index contributed by atoms with van der Waals surface area (Å²) in [7, 11) is 0. The maximum Gasteiger partial charge on any atom is 0.261 e. The van der Waals surface area contributed by atoms with Gasteiger partial charge in [-0.15, -0.1) is 0 Å². The van der Waals surface area contributed by atoms with Gasteiger partial charge in [-0.3, -0.25) is 9.59 Å². The number of halogens is 2. The average molecular weight is 572 g/mol. The lowest BCUT2D eigenvalue weighted by Crippen LogP contribution is -2.53. The number of nitrogens with one attached hydrogen (secondary N) is 1. The third kappa shape index (κ3) is 8.10. The van der Waals surface area contributed by atoms with Gasteiger partial charge in [0, 0.05) is 28.5 Å². The molecule has 3 aromatic carbocycles. The summed E-state index contributed by atoms with van der Waals surface area (Å²) >= 11 is 9.63. The van der Waals surface area contributed by atoms with Crippen molar-refractivity contribution in [1.82, 2.24) is 10.2 Å². The molecule has 36 heavy (non-hydrogen) atoms. The zero-order valence-corrected chi connectivity index (χ0v) is 23.2. The number of aryl methyl sites for hydroxylation is 1. The summed E-state index contributed by atoms with van der Waals surface area (Å²) in [5, 5.41) is 3.71. The molecular weight excluding hydrogens is 540 g/mol. The van der Waals surface area contributed by atoms with Gasteiger partial charge in [0.05, 0.1) is 0 Å². The van der Waals surface area contributed by atoms with Crippen LogP contribution in [0.1, 0.15) is 37.0 Å². The number of rotatable bonds is 11. The Morgan fingerprint density at radius 2 is 1.75 bits per heavy atom. The zero-order valence-electron chi connectivity index (χ0n) is 20.8. The molecule has 3 rings (SSSR count). The van der Waals surface area contributed by atoms with Crippen molar-refractivity contribution in [1.29, 1.82) is 0 Å². The van der Waals surface area contributed by atoms with E-state index in [1.165, 1.54) is 0 Å². The van der Waals surface area contributed by atoms with Gasteiger partial charge in [-0.2, -0.15) is 0 Å². The number of amides is 2. The topological polar surface area (TPSA) is 58.6 Å². The fourth-order valence-corrected chi connectivity index (χ4v) is 4.33. The van der Waals surface area contributed by atoms with Crippen LogP contribution in [-0.2, 0) is 22.6 Å². The second-order valence-electron chi connectivity index (χ2n) is 8.87. The number of benzene rings is 3. The quantitative estimate of drug-likeness (QED) is 0.292. The molecule has 0 fully saturated rings. The Bertz CT molecular complexity index is 1170. The van der Waals surface area contributed by atoms with E-state index in [2.05, 4.69) is 21.2 Å². The minimum atomic E-state index is -0.705.